The number of nitrogens with zero attached hydrogens (tertiary/aromatic N) is 1. The van der Waals surface area contributed by atoms with Crippen molar-refractivity contribution in [1.29, 1.82) is 0 Å². The molecule has 0 N–H and O–H groups in total. The molecule has 2 heteroatoms. The molecule has 0 unspecified atom stereocenters. The highest BCUT2D eigenvalue weighted by atomic mass is 32.1. The molecule has 1 rings (SSSR count). The predicted molar refractivity (Wildman–Crippen MR) is 55.5 cm³/mol. The van der Waals surface area contributed by atoms with Gasteiger partial charge in [-0.1, -0.05) is 13.8 Å². The zero-order valence-electron chi connectivity index (χ0n) is 7.62. The van der Waals surface area contributed by atoms with Crippen LogP contribution in [0.15, 0.2) is 18.3 Å². The summed E-state index contributed by atoms with van der Waals surface area (Å²) in [4.78, 5) is 4.19. The van der Waals surface area contributed by atoms with E-state index in [4.69, 9.17) is 0 Å². The third-order valence-electron chi connectivity index (χ3n) is 1.69. The Bertz CT molecular complexity index is 245. The van der Waals surface area contributed by atoms with Gasteiger partial charge in [0.2, 0.25) is 0 Å². The van der Waals surface area contributed by atoms with Crippen molar-refractivity contribution in [2.75, 3.05) is 0 Å². The summed E-state index contributed by atoms with van der Waals surface area (Å²) in [5.41, 5.74) is 2.43. The Hall–Kier alpha value is -0.500. The van der Waals surface area contributed by atoms with Crippen LogP contribution in [0.25, 0.3) is 0 Å². The second kappa shape index (κ2) is 4.51. The lowest BCUT2D eigenvalue weighted by molar-refractivity contribution is 0.646. The third kappa shape index (κ3) is 2.86. The molecule has 1 aromatic heterocycles. The zero-order chi connectivity index (χ0) is 8.97. The van der Waals surface area contributed by atoms with E-state index in [0.29, 0.717) is 5.92 Å². The maximum Gasteiger partial charge on any atom is 0.0502 e. The van der Waals surface area contributed by atoms with Crippen LogP contribution in [0, 0.1) is 5.92 Å². The van der Waals surface area contributed by atoms with Gasteiger partial charge in [-0.2, -0.15) is 12.6 Å². The zero-order valence-corrected chi connectivity index (χ0v) is 8.51. The smallest absolute Gasteiger partial charge is 0.0502 e. The van der Waals surface area contributed by atoms with E-state index in [9.17, 15) is 0 Å². The van der Waals surface area contributed by atoms with Gasteiger partial charge < -0.3 is 0 Å². The minimum atomic E-state index is 0.708. The largest absolute Gasteiger partial charge is 0.260 e. The number of aromatic nitrogens is 1. The third-order valence-corrected chi connectivity index (χ3v) is 2.01. The second-order valence-electron chi connectivity index (χ2n) is 3.41. The molecular formula is C10H15NS. The van der Waals surface area contributed by atoms with Gasteiger partial charge in [0, 0.05) is 11.9 Å². The molecule has 0 aliphatic rings. The Morgan fingerprint density at radius 1 is 1.50 bits per heavy atom. The fourth-order valence-electron chi connectivity index (χ4n) is 1.21. The molecule has 0 aliphatic carbocycles. The first-order valence-electron chi connectivity index (χ1n) is 4.27. The molecular weight excluding hydrogens is 166 g/mol. The van der Waals surface area contributed by atoms with Gasteiger partial charge in [-0.25, -0.2) is 0 Å². The monoisotopic (exact) mass is 181 g/mol. The topological polar surface area (TPSA) is 12.9 Å². The van der Waals surface area contributed by atoms with Crippen molar-refractivity contribution in [3.05, 3.63) is 29.6 Å². The fraction of sp³-hybridized carbons (Fsp3) is 0.500. The van der Waals surface area contributed by atoms with Crippen molar-refractivity contribution in [2.24, 2.45) is 5.92 Å². The Kier molecular flexibility index (Phi) is 3.60. The fourth-order valence-corrected chi connectivity index (χ4v) is 1.39. The van der Waals surface area contributed by atoms with Crippen LogP contribution in [0.4, 0.5) is 0 Å². The molecule has 0 saturated heterocycles. The average molecular weight is 181 g/mol. The Labute approximate surface area is 79.6 Å². The maximum atomic E-state index is 4.19. The molecule has 0 fully saturated rings. The van der Waals surface area contributed by atoms with Crippen LogP contribution in [0.1, 0.15) is 25.1 Å². The lowest BCUT2D eigenvalue weighted by Crippen LogP contribution is -1.95. The van der Waals surface area contributed by atoms with Crippen molar-refractivity contribution in [2.45, 2.75) is 26.0 Å². The molecule has 0 spiro atoms. The lowest BCUT2D eigenvalue weighted by atomic mass is 10.0. The molecule has 1 aromatic rings. The first-order chi connectivity index (χ1) is 5.72. The van der Waals surface area contributed by atoms with Gasteiger partial charge in [-0.05, 0) is 30.0 Å². The molecule has 0 amide bonds. The van der Waals surface area contributed by atoms with Crippen LogP contribution in [-0.4, -0.2) is 4.98 Å². The Balaban J connectivity index is 2.72. The number of rotatable bonds is 3. The van der Waals surface area contributed by atoms with Crippen molar-refractivity contribution >= 4 is 12.6 Å². The predicted octanol–water partition coefficient (Wildman–Crippen LogP) is 2.71. The van der Waals surface area contributed by atoms with E-state index in [1.54, 1.807) is 0 Å². The quantitative estimate of drug-likeness (QED) is 0.707. The highest BCUT2D eigenvalue weighted by molar-refractivity contribution is 7.79. The van der Waals surface area contributed by atoms with E-state index in [0.717, 1.165) is 17.9 Å². The molecule has 0 bridgehead atoms. The molecule has 1 nitrogen and oxygen atoms in total. The standard InChI is InChI=1S/C10H15NS/c1-8(2)5-9-3-4-11-10(6-9)7-12/h3-4,6,8,12H,5,7H2,1-2H3. The van der Waals surface area contributed by atoms with E-state index in [2.05, 4.69) is 43.6 Å². The Morgan fingerprint density at radius 3 is 2.83 bits per heavy atom. The van der Waals surface area contributed by atoms with Gasteiger partial charge >= 0.3 is 0 Å². The normalized spacial score (nSPS) is 10.7. The minimum Gasteiger partial charge on any atom is -0.260 e. The lowest BCUT2D eigenvalue weighted by Gasteiger charge is -2.05. The van der Waals surface area contributed by atoms with E-state index >= 15 is 0 Å². The molecule has 1 heterocycles. The highest BCUT2D eigenvalue weighted by Crippen LogP contribution is 2.09. The highest BCUT2D eigenvalue weighted by Gasteiger charge is 1.98. The summed E-state index contributed by atoms with van der Waals surface area (Å²) in [5.74, 6) is 1.44. The summed E-state index contributed by atoms with van der Waals surface area (Å²) in [5, 5.41) is 0. The van der Waals surface area contributed by atoms with Crippen molar-refractivity contribution in [3.8, 4) is 0 Å². The van der Waals surface area contributed by atoms with Crippen LogP contribution in [0.3, 0.4) is 0 Å². The SMILES string of the molecule is CC(C)Cc1ccnc(CS)c1. The van der Waals surface area contributed by atoms with Crippen molar-refractivity contribution in [1.82, 2.24) is 4.98 Å². The number of thiol groups is 1. The summed E-state index contributed by atoms with van der Waals surface area (Å²) in [7, 11) is 0. The van der Waals surface area contributed by atoms with Crippen molar-refractivity contribution in [3.63, 3.8) is 0 Å². The van der Waals surface area contributed by atoms with Gasteiger partial charge in [-0.3, -0.25) is 4.98 Å². The van der Waals surface area contributed by atoms with Crippen LogP contribution in [-0.2, 0) is 12.2 Å². The minimum absolute atomic E-state index is 0.708. The number of hydrogen-bond donors (Lipinski definition) is 1. The van der Waals surface area contributed by atoms with Crippen LogP contribution in [0.2, 0.25) is 0 Å². The summed E-state index contributed by atoms with van der Waals surface area (Å²) in [6.07, 6.45) is 2.99. The van der Waals surface area contributed by atoms with Crippen molar-refractivity contribution < 1.29 is 0 Å². The van der Waals surface area contributed by atoms with Crippen LogP contribution in [0.5, 0.6) is 0 Å². The van der Waals surface area contributed by atoms with Gasteiger partial charge in [0.15, 0.2) is 0 Å². The van der Waals surface area contributed by atoms with E-state index < -0.39 is 0 Å². The molecule has 0 aliphatic heterocycles. The second-order valence-corrected chi connectivity index (χ2v) is 3.73. The van der Waals surface area contributed by atoms with Gasteiger partial charge in [0.05, 0.1) is 5.69 Å². The molecule has 12 heavy (non-hydrogen) atoms. The Morgan fingerprint density at radius 2 is 2.25 bits per heavy atom. The number of pyridine rings is 1. The summed E-state index contributed by atoms with van der Waals surface area (Å²) in [6.45, 7) is 4.45. The molecule has 0 atom stereocenters. The van der Waals surface area contributed by atoms with Gasteiger partial charge in [-0.15, -0.1) is 0 Å². The van der Waals surface area contributed by atoms with E-state index in [-0.39, 0.29) is 0 Å². The summed E-state index contributed by atoms with van der Waals surface area (Å²) in [6, 6.07) is 4.21. The molecule has 0 radical (unpaired) electrons. The summed E-state index contributed by atoms with van der Waals surface area (Å²) < 4.78 is 0. The van der Waals surface area contributed by atoms with E-state index in [1.807, 2.05) is 6.20 Å². The average Bonchev–Trinajstić information content (AvgIpc) is 2.03. The summed E-state index contributed by atoms with van der Waals surface area (Å²) >= 11 is 4.19. The first kappa shape index (κ1) is 9.59. The molecule has 0 saturated carbocycles. The van der Waals surface area contributed by atoms with Crippen LogP contribution >= 0.6 is 12.6 Å². The first-order valence-corrected chi connectivity index (χ1v) is 4.90. The van der Waals surface area contributed by atoms with Gasteiger partial charge in [0.25, 0.3) is 0 Å². The maximum absolute atomic E-state index is 4.19. The van der Waals surface area contributed by atoms with Gasteiger partial charge in [0.1, 0.15) is 0 Å². The number of hydrogen-bond acceptors (Lipinski definition) is 2. The molecule has 66 valence electrons. The molecule has 0 aromatic carbocycles. The van der Waals surface area contributed by atoms with Crippen LogP contribution < -0.4 is 0 Å². The van der Waals surface area contributed by atoms with E-state index in [1.165, 1.54) is 5.56 Å².